The van der Waals surface area contributed by atoms with Crippen LogP contribution in [0.25, 0.3) is 11.0 Å². The molecule has 2 rings (SSSR count). The maximum absolute atomic E-state index is 12.0. The summed E-state index contributed by atoms with van der Waals surface area (Å²) in [4.78, 5) is 32.4. The highest BCUT2D eigenvalue weighted by molar-refractivity contribution is 5.80. The van der Waals surface area contributed by atoms with Gasteiger partial charge in [-0.1, -0.05) is 6.07 Å². The number of H-pyrrole nitrogens is 1. The van der Waals surface area contributed by atoms with E-state index in [-0.39, 0.29) is 18.5 Å². The van der Waals surface area contributed by atoms with Crippen molar-refractivity contribution >= 4 is 23.0 Å². The van der Waals surface area contributed by atoms with Gasteiger partial charge in [-0.25, -0.2) is 9.78 Å². The Morgan fingerprint density at radius 3 is 2.76 bits per heavy atom. The minimum absolute atomic E-state index is 0.154. The molecule has 4 N–H and O–H groups in total. The van der Waals surface area contributed by atoms with Gasteiger partial charge in [-0.3, -0.25) is 4.79 Å². The number of amides is 3. The normalized spacial score (nSPS) is 12.2. The third kappa shape index (κ3) is 4.71. The Labute approximate surface area is 148 Å². The number of nitrogens with two attached hydrogens (primary N) is 1. The number of urea groups is 1. The van der Waals surface area contributed by atoms with Gasteiger partial charge < -0.3 is 20.9 Å². The first-order chi connectivity index (χ1) is 11.8. The molecule has 0 bridgehead atoms. The van der Waals surface area contributed by atoms with Crippen molar-refractivity contribution in [3.8, 4) is 0 Å². The van der Waals surface area contributed by atoms with Crippen LogP contribution in [-0.4, -0.2) is 46.4 Å². The lowest BCUT2D eigenvalue weighted by Gasteiger charge is -2.24. The van der Waals surface area contributed by atoms with E-state index in [0.717, 1.165) is 29.7 Å². The summed E-state index contributed by atoms with van der Waals surface area (Å²) in [7, 11) is 1.66. The van der Waals surface area contributed by atoms with E-state index in [1.54, 1.807) is 14.0 Å². The fourth-order valence-corrected chi connectivity index (χ4v) is 2.69. The summed E-state index contributed by atoms with van der Waals surface area (Å²) in [5, 5.41) is 2.85. The number of aryl methyl sites for hydroxylation is 3. The molecule has 3 amide bonds. The summed E-state index contributed by atoms with van der Waals surface area (Å²) < 4.78 is 0. The lowest BCUT2D eigenvalue weighted by atomic mass is 10.1. The first kappa shape index (κ1) is 18.8. The third-order valence-electron chi connectivity index (χ3n) is 4.57. The number of nitrogens with one attached hydrogen (secondary N) is 2. The zero-order chi connectivity index (χ0) is 18.6. The van der Waals surface area contributed by atoms with Crippen molar-refractivity contribution < 1.29 is 9.59 Å². The summed E-state index contributed by atoms with van der Waals surface area (Å²) in [6.07, 6.45) is 1.69. The molecule has 0 spiro atoms. The average molecular weight is 345 g/mol. The van der Waals surface area contributed by atoms with Gasteiger partial charge in [0.1, 0.15) is 5.82 Å². The molecule has 2 aromatic rings. The van der Waals surface area contributed by atoms with Gasteiger partial charge >= 0.3 is 6.03 Å². The summed E-state index contributed by atoms with van der Waals surface area (Å²) in [5.74, 6) is 0.510. The van der Waals surface area contributed by atoms with Crippen LogP contribution in [0.5, 0.6) is 0 Å². The average Bonchev–Trinajstić information content (AvgIpc) is 2.97. The highest BCUT2D eigenvalue weighted by Crippen LogP contribution is 2.19. The number of aromatic nitrogens is 2. The number of imidazole rings is 1. The molecule has 0 aliphatic carbocycles. The van der Waals surface area contributed by atoms with Crippen LogP contribution in [0, 0.1) is 13.8 Å². The van der Waals surface area contributed by atoms with Crippen LogP contribution in [0.1, 0.15) is 36.7 Å². The second-order valence-electron chi connectivity index (χ2n) is 6.55. The molecule has 0 unspecified atom stereocenters. The van der Waals surface area contributed by atoms with Crippen molar-refractivity contribution in [1.82, 2.24) is 20.2 Å². The maximum Gasteiger partial charge on any atom is 0.317 e. The summed E-state index contributed by atoms with van der Waals surface area (Å²) in [6, 6.07) is 3.71. The van der Waals surface area contributed by atoms with E-state index in [0.29, 0.717) is 6.54 Å². The zero-order valence-corrected chi connectivity index (χ0v) is 15.3. The molecule has 1 heterocycles. The van der Waals surface area contributed by atoms with Crippen LogP contribution in [-0.2, 0) is 11.2 Å². The fraction of sp³-hybridized carbons (Fsp3) is 0.500. The van der Waals surface area contributed by atoms with Crippen LogP contribution in [0.2, 0.25) is 0 Å². The highest BCUT2D eigenvalue weighted by atomic mass is 16.2. The number of benzene rings is 1. The monoisotopic (exact) mass is 345 g/mol. The van der Waals surface area contributed by atoms with E-state index in [4.69, 9.17) is 5.73 Å². The van der Waals surface area contributed by atoms with Gasteiger partial charge in [-0.2, -0.15) is 0 Å². The van der Waals surface area contributed by atoms with E-state index in [9.17, 15) is 9.59 Å². The zero-order valence-electron chi connectivity index (χ0n) is 15.3. The maximum atomic E-state index is 12.0. The number of primary amides is 1. The van der Waals surface area contributed by atoms with Crippen LogP contribution < -0.4 is 11.1 Å². The number of fused-ring (bicyclic) bond motifs is 1. The Morgan fingerprint density at radius 1 is 1.36 bits per heavy atom. The molecule has 136 valence electrons. The number of carbonyl (C=O) groups excluding carboxylic acids is 2. The van der Waals surface area contributed by atoms with Crippen molar-refractivity contribution in [3.63, 3.8) is 0 Å². The molecule has 0 aliphatic rings. The Hall–Kier alpha value is -2.57. The second kappa shape index (κ2) is 8.00. The number of carbonyl (C=O) groups is 2. The predicted molar refractivity (Wildman–Crippen MR) is 98.3 cm³/mol. The van der Waals surface area contributed by atoms with Crippen molar-refractivity contribution in [3.05, 3.63) is 29.1 Å². The number of hydrogen-bond acceptors (Lipinski definition) is 3. The lowest BCUT2D eigenvalue weighted by Crippen LogP contribution is -2.44. The highest BCUT2D eigenvalue weighted by Gasteiger charge is 2.17. The molecular weight excluding hydrogens is 318 g/mol. The van der Waals surface area contributed by atoms with Gasteiger partial charge in [0.2, 0.25) is 5.91 Å². The predicted octanol–water partition coefficient (Wildman–Crippen LogP) is 2.02. The molecule has 0 saturated heterocycles. The quantitative estimate of drug-likeness (QED) is 0.669. The standard InChI is InChI=1S/C18H27N5O2/c1-11-7-8-14-17(13(11)3)22-16(21-14)6-5-9-20-18(25)23(4)12(2)10-15(19)24/h7-8,12H,5-6,9-10H2,1-4H3,(H2,19,24)(H,20,25)(H,21,22)/t12-/m1/s1. The van der Waals surface area contributed by atoms with Gasteiger partial charge in [0.15, 0.2) is 0 Å². The first-order valence-electron chi connectivity index (χ1n) is 8.53. The van der Waals surface area contributed by atoms with E-state index in [1.165, 1.54) is 16.0 Å². The molecule has 0 aliphatic heterocycles. The minimum atomic E-state index is -0.414. The Morgan fingerprint density at radius 2 is 2.08 bits per heavy atom. The lowest BCUT2D eigenvalue weighted by molar-refractivity contribution is -0.118. The topological polar surface area (TPSA) is 104 Å². The number of nitrogens with zero attached hydrogens (tertiary/aromatic N) is 2. The summed E-state index contributed by atoms with van der Waals surface area (Å²) in [6.45, 7) is 6.49. The molecular formula is C18H27N5O2. The first-order valence-corrected chi connectivity index (χ1v) is 8.53. The van der Waals surface area contributed by atoms with Gasteiger partial charge in [-0.05, 0) is 44.4 Å². The van der Waals surface area contributed by atoms with E-state index in [2.05, 4.69) is 35.2 Å². The van der Waals surface area contributed by atoms with Gasteiger partial charge in [0.25, 0.3) is 0 Å². The van der Waals surface area contributed by atoms with Crippen molar-refractivity contribution in [2.75, 3.05) is 13.6 Å². The second-order valence-corrected chi connectivity index (χ2v) is 6.55. The van der Waals surface area contributed by atoms with Crippen molar-refractivity contribution in [2.45, 2.75) is 46.1 Å². The Bertz CT molecular complexity index is 768. The molecule has 0 saturated carbocycles. The molecule has 1 aromatic carbocycles. The molecule has 1 atom stereocenters. The number of aromatic amines is 1. The van der Waals surface area contributed by atoms with E-state index < -0.39 is 5.91 Å². The van der Waals surface area contributed by atoms with Crippen molar-refractivity contribution in [1.29, 1.82) is 0 Å². The third-order valence-corrected chi connectivity index (χ3v) is 4.57. The van der Waals surface area contributed by atoms with Crippen molar-refractivity contribution in [2.24, 2.45) is 5.73 Å². The SMILES string of the molecule is Cc1ccc2[nH]c(CCCNC(=O)N(C)[C@H](C)CC(N)=O)nc2c1C. The molecule has 25 heavy (non-hydrogen) atoms. The molecule has 0 radical (unpaired) electrons. The Balaban J connectivity index is 1.82. The van der Waals surface area contributed by atoms with Gasteiger partial charge in [0.05, 0.1) is 11.0 Å². The fourth-order valence-electron chi connectivity index (χ4n) is 2.69. The molecule has 1 aromatic heterocycles. The molecule has 0 fully saturated rings. The van der Waals surface area contributed by atoms with E-state index in [1.807, 2.05) is 6.07 Å². The van der Waals surface area contributed by atoms with Gasteiger partial charge in [0, 0.05) is 32.5 Å². The largest absolute Gasteiger partial charge is 0.370 e. The molecule has 7 nitrogen and oxygen atoms in total. The number of hydrogen-bond donors (Lipinski definition) is 3. The minimum Gasteiger partial charge on any atom is -0.370 e. The summed E-state index contributed by atoms with van der Waals surface area (Å²) >= 11 is 0. The summed E-state index contributed by atoms with van der Waals surface area (Å²) in [5.41, 5.74) is 9.64. The van der Waals surface area contributed by atoms with Crippen LogP contribution in [0.15, 0.2) is 12.1 Å². The van der Waals surface area contributed by atoms with E-state index >= 15 is 0 Å². The van der Waals surface area contributed by atoms with Crippen LogP contribution in [0.4, 0.5) is 4.79 Å². The van der Waals surface area contributed by atoms with Gasteiger partial charge in [-0.15, -0.1) is 0 Å². The molecule has 7 heteroatoms. The van der Waals surface area contributed by atoms with Crippen LogP contribution in [0.3, 0.4) is 0 Å². The van der Waals surface area contributed by atoms with Crippen LogP contribution >= 0.6 is 0 Å². The number of rotatable bonds is 7. The Kier molecular flexibility index (Phi) is 6.01. The smallest absolute Gasteiger partial charge is 0.317 e.